The van der Waals surface area contributed by atoms with Gasteiger partial charge in [0.05, 0.1) is 21.5 Å². The molecule has 0 radical (unpaired) electrons. The molecule has 1 aromatic carbocycles. The molecule has 0 heterocycles. The van der Waals surface area contributed by atoms with Crippen molar-refractivity contribution in [2.24, 2.45) is 11.3 Å². The van der Waals surface area contributed by atoms with Gasteiger partial charge in [-0.2, -0.15) is 0 Å². The number of esters is 1. The number of carbonyl (C=O) groups excluding carboxylic acids is 2. The van der Waals surface area contributed by atoms with Crippen LogP contribution in [0.15, 0.2) is 18.2 Å². The highest BCUT2D eigenvalue weighted by Gasteiger charge is 2.34. The van der Waals surface area contributed by atoms with Gasteiger partial charge in [-0.3, -0.25) is 14.3 Å². The first-order chi connectivity index (χ1) is 17.1. The molecule has 0 bridgehead atoms. The summed E-state index contributed by atoms with van der Waals surface area (Å²) in [5, 5.41) is 11.7. The van der Waals surface area contributed by atoms with Gasteiger partial charge in [0.2, 0.25) is 13.7 Å². The van der Waals surface area contributed by atoms with E-state index in [1.165, 1.54) is 6.92 Å². The molecule has 0 saturated heterocycles. The number of halogens is 2. The zero-order valence-corrected chi connectivity index (χ0v) is 24.7. The number of aliphatic hydroxyl groups is 1. The van der Waals surface area contributed by atoms with Gasteiger partial charge in [0.1, 0.15) is 6.23 Å². The average Bonchev–Trinajstić information content (AvgIpc) is 2.79. The predicted molar refractivity (Wildman–Crippen MR) is 145 cm³/mol. The SMILES string of the molecule is CC(OC(=O)N(C(O)CCP(=O)(O)CC1CCCCC1)[C@@H](C)c1ccc(Cl)c(Cl)c1)OC(=O)C(C)(C)C. The number of ether oxygens (including phenoxy) is 2. The highest BCUT2D eigenvalue weighted by atomic mass is 35.5. The van der Waals surface area contributed by atoms with E-state index in [9.17, 15) is 24.2 Å². The van der Waals surface area contributed by atoms with Gasteiger partial charge in [-0.25, -0.2) is 4.79 Å². The molecule has 1 aliphatic carbocycles. The normalized spacial score (nSPS) is 18.8. The first-order valence-corrected chi connectivity index (χ1v) is 15.5. The molecule has 210 valence electrons. The van der Waals surface area contributed by atoms with Crippen LogP contribution in [0.4, 0.5) is 4.79 Å². The highest BCUT2D eigenvalue weighted by molar-refractivity contribution is 7.58. The highest BCUT2D eigenvalue weighted by Crippen LogP contribution is 2.46. The molecule has 0 aromatic heterocycles. The van der Waals surface area contributed by atoms with Crippen LogP contribution in [0.3, 0.4) is 0 Å². The Hall–Kier alpha value is -1.31. The zero-order valence-electron chi connectivity index (χ0n) is 22.3. The van der Waals surface area contributed by atoms with Gasteiger partial charge < -0.3 is 19.5 Å². The standard InChI is InChI=1S/C26H40Cl2NO7P/c1-17(20-11-12-21(27)22(28)15-20)29(25(32)36-18(2)35-24(31)26(3,4)5)23(30)13-14-37(33,34)16-19-9-7-6-8-10-19/h11-12,15,17-19,23,30H,6-10,13-14,16H2,1-5H3,(H,33,34)/t17-,18?,23?/m0/s1. The summed E-state index contributed by atoms with van der Waals surface area (Å²) in [6.07, 6.45) is 1.49. The summed E-state index contributed by atoms with van der Waals surface area (Å²) in [7, 11) is -3.51. The number of amides is 1. The Balaban J connectivity index is 2.17. The van der Waals surface area contributed by atoms with Crippen molar-refractivity contribution in [3.05, 3.63) is 33.8 Å². The second-order valence-corrected chi connectivity index (χ2v) is 14.2. The van der Waals surface area contributed by atoms with Crippen LogP contribution >= 0.6 is 30.6 Å². The lowest BCUT2D eigenvalue weighted by molar-refractivity contribution is -0.177. The molecule has 1 aromatic rings. The van der Waals surface area contributed by atoms with Crippen LogP contribution in [0.2, 0.25) is 10.0 Å². The van der Waals surface area contributed by atoms with Crippen LogP contribution in [-0.2, 0) is 18.8 Å². The summed E-state index contributed by atoms with van der Waals surface area (Å²) in [4.78, 5) is 37.1. The number of hydrogen-bond acceptors (Lipinski definition) is 6. The summed E-state index contributed by atoms with van der Waals surface area (Å²) in [5.74, 6) is -0.349. The van der Waals surface area contributed by atoms with Crippen molar-refractivity contribution >= 4 is 42.6 Å². The second-order valence-electron chi connectivity index (χ2n) is 10.9. The van der Waals surface area contributed by atoms with Crippen LogP contribution in [0, 0.1) is 11.3 Å². The summed E-state index contributed by atoms with van der Waals surface area (Å²) < 4.78 is 23.5. The van der Waals surface area contributed by atoms with Crippen molar-refractivity contribution in [1.29, 1.82) is 0 Å². The van der Waals surface area contributed by atoms with Crippen LogP contribution in [-0.4, -0.2) is 51.8 Å². The summed E-state index contributed by atoms with van der Waals surface area (Å²) in [6.45, 7) is 8.09. The lowest BCUT2D eigenvalue weighted by Crippen LogP contribution is -2.44. The Morgan fingerprint density at radius 1 is 1.11 bits per heavy atom. The molecule has 1 saturated carbocycles. The third-order valence-electron chi connectivity index (χ3n) is 6.53. The van der Waals surface area contributed by atoms with E-state index in [-0.39, 0.29) is 29.7 Å². The number of nitrogens with zero attached hydrogens (tertiary/aromatic N) is 1. The van der Waals surface area contributed by atoms with Crippen LogP contribution in [0.1, 0.15) is 84.7 Å². The largest absolute Gasteiger partial charge is 0.425 e. The number of carbonyl (C=O) groups is 2. The molecule has 0 aliphatic heterocycles. The third-order valence-corrected chi connectivity index (χ3v) is 9.32. The Bertz CT molecular complexity index is 978. The fraction of sp³-hybridized carbons (Fsp3) is 0.692. The Labute approximate surface area is 230 Å². The Kier molecular flexibility index (Phi) is 11.8. The topological polar surface area (TPSA) is 113 Å². The molecule has 1 amide bonds. The quantitative estimate of drug-likeness (QED) is 0.174. The smallest absolute Gasteiger partial charge is 0.415 e. The first-order valence-electron chi connectivity index (χ1n) is 12.7. The minimum Gasteiger partial charge on any atom is -0.425 e. The van der Waals surface area contributed by atoms with E-state index < -0.39 is 43.4 Å². The van der Waals surface area contributed by atoms with Gasteiger partial charge in [-0.1, -0.05) is 48.5 Å². The fourth-order valence-electron chi connectivity index (χ4n) is 4.35. The van der Waals surface area contributed by atoms with Crippen LogP contribution in [0.5, 0.6) is 0 Å². The minimum atomic E-state index is -3.51. The minimum absolute atomic E-state index is 0.128. The van der Waals surface area contributed by atoms with E-state index in [1.54, 1.807) is 45.9 Å². The van der Waals surface area contributed by atoms with Gasteiger partial charge in [0, 0.05) is 25.7 Å². The Morgan fingerprint density at radius 2 is 1.73 bits per heavy atom. The van der Waals surface area contributed by atoms with Crippen molar-refractivity contribution < 1.29 is 33.6 Å². The van der Waals surface area contributed by atoms with Gasteiger partial charge >= 0.3 is 12.1 Å². The molecule has 2 rings (SSSR count). The fourth-order valence-corrected chi connectivity index (χ4v) is 6.64. The molecule has 11 heteroatoms. The van der Waals surface area contributed by atoms with Crippen molar-refractivity contribution in [3.63, 3.8) is 0 Å². The molecule has 4 atom stereocenters. The van der Waals surface area contributed by atoms with E-state index in [0.717, 1.165) is 37.0 Å². The maximum absolute atomic E-state index is 13.2. The van der Waals surface area contributed by atoms with Crippen LogP contribution in [0.25, 0.3) is 0 Å². The number of aliphatic hydroxyl groups excluding tert-OH is 1. The van der Waals surface area contributed by atoms with Gasteiger partial charge in [0.15, 0.2) is 0 Å². The molecule has 0 spiro atoms. The van der Waals surface area contributed by atoms with Gasteiger partial charge in [0.25, 0.3) is 0 Å². The average molecular weight is 580 g/mol. The maximum atomic E-state index is 13.2. The molecule has 1 aliphatic rings. The number of hydrogen-bond donors (Lipinski definition) is 2. The maximum Gasteiger partial charge on any atom is 0.415 e. The van der Waals surface area contributed by atoms with E-state index in [0.29, 0.717) is 10.6 Å². The molecule has 2 N–H and O–H groups in total. The van der Waals surface area contributed by atoms with E-state index in [1.807, 2.05) is 0 Å². The first kappa shape index (κ1) is 31.9. The van der Waals surface area contributed by atoms with Crippen molar-refractivity contribution in [2.45, 2.75) is 91.7 Å². The summed E-state index contributed by atoms with van der Waals surface area (Å²) in [5.41, 5.74) is -0.229. The van der Waals surface area contributed by atoms with E-state index >= 15 is 0 Å². The van der Waals surface area contributed by atoms with E-state index in [2.05, 4.69) is 0 Å². The number of rotatable bonds is 10. The van der Waals surface area contributed by atoms with Crippen molar-refractivity contribution in [1.82, 2.24) is 4.90 Å². The summed E-state index contributed by atoms with van der Waals surface area (Å²) in [6, 6.07) is 4.07. The van der Waals surface area contributed by atoms with Gasteiger partial charge in [-0.15, -0.1) is 0 Å². The molecule has 3 unspecified atom stereocenters. The van der Waals surface area contributed by atoms with Gasteiger partial charge in [-0.05, 0) is 64.2 Å². The van der Waals surface area contributed by atoms with Crippen LogP contribution < -0.4 is 0 Å². The lowest BCUT2D eigenvalue weighted by Gasteiger charge is -2.34. The molecular weight excluding hydrogens is 540 g/mol. The third kappa shape index (κ3) is 10.1. The lowest BCUT2D eigenvalue weighted by atomic mass is 9.91. The molecule has 1 fully saturated rings. The van der Waals surface area contributed by atoms with Crippen molar-refractivity contribution in [2.75, 3.05) is 12.3 Å². The Morgan fingerprint density at radius 3 is 2.30 bits per heavy atom. The molecular formula is C26H40Cl2NO7P. The number of benzene rings is 1. The monoisotopic (exact) mass is 579 g/mol. The van der Waals surface area contributed by atoms with Crippen molar-refractivity contribution in [3.8, 4) is 0 Å². The summed E-state index contributed by atoms with van der Waals surface area (Å²) >= 11 is 12.2. The predicted octanol–water partition coefficient (Wildman–Crippen LogP) is 6.99. The van der Waals surface area contributed by atoms with E-state index in [4.69, 9.17) is 32.7 Å². The zero-order chi connectivity index (χ0) is 28.0. The second kappa shape index (κ2) is 13.7. The molecule has 8 nitrogen and oxygen atoms in total. The molecule has 37 heavy (non-hydrogen) atoms.